The Morgan fingerprint density at radius 1 is 1.14 bits per heavy atom. The number of nitrogens with zero attached hydrogens (tertiary/aromatic N) is 3. The Kier molecular flexibility index (Phi) is 6.45. The van der Waals surface area contributed by atoms with Crippen LogP contribution in [-0.4, -0.2) is 63.9 Å². The number of para-hydroxylation sites is 1. The third kappa shape index (κ3) is 4.37. The number of amides is 4. The molecule has 0 bridgehead atoms. The summed E-state index contributed by atoms with van der Waals surface area (Å²) >= 11 is 0. The third-order valence-corrected chi connectivity index (χ3v) is 7.59. The molecule has 0 saturated carbocycles. The van der Waals surface area contributed by atoms with E-state index in [2.05, 4.69) is 10.3 Å². The Hall–Kier alpha value is -3.42. The van der Waals surface area contributed by atoms with Gasteiger partial charge in [-0.2, -0.15) is 0 Å². The fourth-order valence-electron chi connectivity index (χ4n) is 5.78. The van der Waals surface area contributed by atoms with Crippen LogP contribution in [0.4, 0.5) is 4.79 Å². The van der Waals surface area contributed by atoms with Gasteiger partial charge in [-0.15, -0.1) is 0 Å². The smallest absolute Gasteiger partial charge is 0.325 e. The maximum Gasteiger partial charge on any atom is 0.325 e. The van der Waals surface area contributed by atoms with E-state index < -0.39 is 11.6 Å². The first-order valence-corrected chi connectivity index (χ1v) is 12.6. The van der Waals surface area contributed by atoms with Crippen LogP contribution < -0.4 is 10.1 Å². The molecule has 5 rings (SSSR count). The van der Waals surface area contributed by atoms with E-state index in [4.69, 9.17) is 4.74 Å². The lowest BCUT2D eigenvalue weighted by atomic mass is 9.74. The number of hydrogen-bond acceptors (Lipinski definition) is 5. The molecule has 184 valence electrons. The van der Waals surface area contributed by atoms with E-state index in [0.717, 1.165) is 23.4 Å². The van der Waals surface area contributed by atoms with Gasteiger partial charge in [0.15, 0.2) is 6.10 Å². The average molecular weight is 477 g/mol. The summed E-state index contributed by atoms with van der Waals surface area (Å²) in [5.74, 6) is 0.639. The Labute approximate surface area is 205 Å². The van der Waals surface area contributed by atoms with Crippen molar-refractivity contribution in [1.29, 1.82) is 0 Å². The molecular weight excluding hydrogens is 444 g/mol. The van der Waals surface area contributed by atoms with Gasteiger partial charge in [0.25, 0.3) is 11.8 Å². The molecule has 8 heteroatoms. The van der Waals surface area contributed by atoms with Crippen molar-refractivity contribution in [2.75, 3.05) is 19.6 Å². The van der Waals surface area contributed by atoms with Crippen LogP contribution in [0.1, 0.15) is 43.9 Å². The zero-order valence-electron chi connectivity index (χ0n) is 20.1. The van der Waals surface area contributed by atoms with Crippen molar-refractivity contribution >= 4 is 17.8 Å². The summed E-state index contributed by atoms with van der Waals surface area (Å²) in [7, 11) is 0. The third-order valence-electron chi connectivity index (χ3n) is 7.59. The normalized spacial score (nSPS) is 24.3. The topological polar surface area (TPSA) is 91.8 Å². The van der Waals surface area contributed by atoms with E-state index in [0.29, 0.717) is 51.7 Å². The zero-order chi connectivity index (χ0) is 24.4. The fraction of sp³-hybridized carbons (Fsp3) is 0.481. The number of imide groups is 1. The van der Waals surface area contributed by atoms with Gasteiger partial charge in [0.05, 0.1) is 0 Å². The molecule has 2 fully saturated rings. The molecule has 35 heavy (non-hydrogen) atoms. The quantitative estimate of drug-likeness (QED) is 0.621. The number of aromatic nitrogens is 1. The number of pyridine rings is 1. The summed E-state index contributed by atoms with van der Waals surface area (Å²) < 4.78 is 5.90. The van der Waals surface area contributed by atoms with Gasteiger partial charge in [0, 0.05) is 44.4 Å². The molecule has 8 nitrogen and oxygen atoms in total. The van der Waals surface area contributed by atoms with Gasteiger partial charge >= 0.3 is 6.03 Å². The number of carbonyl (C=O) groups is 3. The first kappa shape index (κ1) is 23.3. The van der Waals surface area contributed by atoms with Crippen molar-refractivity contribution in [2.24, 2.45) is 5.92 Å². The maximum absolute atomic E-state index is 13.6. The van der Waals surface area contributed by atoms with Gasteiger partial charge in [-0.25, -0.2) is 4.79 Å². The van der Waals surface area contributed by atoms with E-state index >= 15 is 0 Å². The lowest BCUT2D eigenvalue weighted by Crippen LogP contribution is -2.57. The maximum atomic E-state index is 13.6. The van der Waals surface area contributed by atoms with Gasteiger partial charge in [0.1, 0.15) is 11.3 Å². The molecule has 4 amide bonds. The molecule has 0 unspecified atom stereocenters. The van der Waals surface area contributed by atoms with Crippen LogP contribution in [-0.2, 0) is 22.4 Å². The van der Waals surface area contributed by atoms with E-state index in [-0.39, 0.29) is 23.8 Å². The molecule has 3 aliphatic heterocycles. The standard InChI is InChI=1S/C27H32N4O4/c1-2-13-27(25(33)31(26(34)29-27)17-12-21-8-5-6-14-28-21)20-10-15-30(16-11-20)24(32)23-18-19-7-3-4-9-22(19)35-23/h3-9,14,20,23H,2,10-13,15-18H2,1H3,(H,29,34)/t23-,27+/m1/s1. The summed E-state index contributed by atoms with van der Waals surface area (Å²) in [5, 5.41) is 3.07. The first-order valence-electron chi connectivity index (χ1n) is 12.6. The van der Waals surface area contributed by atoms with E-state index in [1.54, 1.807) is 6.20 Å². The van der Waals surface area contributed by atoms with E-state index in [1.165, 1.54) is 4.90 Å². The van der Waals surface area contributed by atoms with Crippen molar-refractivity contribution in [1.82, 2.24) is 20.1 Å². The number of rotatable bonds is 7. The molecule has 4 heterocycles. The van der Waals surface area contributed by atoms with Crippen molar-refractivity contribution < 1.29 is 19.1 Å². The summed E-state index contributed by atoms with van der Waals surface area (Å²) in [5.41, 5.74) is 1.02. The Bertz CT molecular complexity index is 1070. The number of nitrogens with one attached hydrogen (secondary N) is 1. The van der Waals surface area contributed by atoms with Crippen molar-refractivity contribution in [2.45, 2.75) is 57.1 Å². The number of benzene rings is 1. The Morgan fingerprint density at radius 2 is 1.91 bits per heavy atom. The number of ether oxygens (including phenoxy) is 1. The van der Waals surface area contributed by atoms with Crippen LogP contribution in [0.5, 0.6) is 5.75 Å². The van der Waals surface area contributed by atoms with Crippen LogP contribution in [0, 0.1) is 5.92 Å². The zero-order valence-corrected chi connectivity index (χ0v) is 20.1. The minimum Gasteiger partial charge on any atom is -0.480 e. The van der Waals surface area contributed by atoms with Gasteiger partial charge in [0.2, 0.25) is 0 Å². The largest absolute Gasteiger partial charge is 0.480 e. The number of hydrogen-bond donors (Lipinski definition) is 1. The second-order valence-electron chi connectivity index (χ2n) is 9.70. The van der Waals surface area contributed by atoms with Crippen molar-refractivity contribution in [3.63, 3.8) is 0 Å². The Balaban J connectivity index is 1.23. The molecule has 2 aromatic rings. The predicted octanol–water partition coefficient (Wildman–Crippen LogP) is 2.96. The molecular formula is C27H32N4O4. The molecule has 1 aromatic heterocycles. The SMILES string of the molecule is CCC[C@@]1(C2CCN(C(=O)[C@H]3Cc4ccccc4O3)CC2)NC(=O)N(CCc2ccccn2)C1=O. The monoisotopic (exact) mass is 476 g/mol. The van der Waals surface area contributed by atoms with Gasteiger partial charge in [-0.1, -0.05) is 37.6 Å². The summed E-state index contributed by atoms with van der Waals surface area (Å²) in [6.07, 6.45) is 5.07. The van der Waals surface area contributed by atoms with Gasteiger partial charge in [-0.05, 0) is 48.9 Å². The molecule has 3 aliphatic rings. The van der Waals surface area contributed by atoms with E-state index in [9.17, 15) is 14.4 Å². The molecule has 2 saturated heterocycles. The van der Waals surface area contributed by atoms with E-state index in [1.807, 2.05) is 54.3 Å². The number of fused-ring (bicyclic) bond motifs is 1. The molecule has 1 N–H and O–H groups in total. The lowest BCUT2D eigenvalue weighted by molar-refractivity contribution is -0.140. The molecule has 0 radical (unpaired) electrons. The molecule has 1 aromatic carbocycles. The number of piperidine rings is 1. The summed E-state index contributed by atoms with van der Waals surface area (Å²) in [6.45, 7) is 3.46. The summed E-state index contributed by atoms with van der Waals surface area (Å²) in [6, 6.07) is 13.1. The van der Waals surface area contributed by atoms with Crippen LogP contribution in [0.15, 0.2) is 48.7 Å². The Morgan fingerprint density at radius 3 is 2.63 bits per heavy atom. The van der Waals surface area contributed by atoms with Crippen LogP contribution in [0.25, 0.3) is 0 Å². The van der Waals surface area contributed by atoms with Crippen molar-refractivity contribution in [3.05, 3.63) is 59.9 Å². The minimum absolute atomic E-state index is 0.00274. The molecule has 0 spiro atoms. The molecule has 0 aliphatic carbocycles. The number of urea groups is 1. The highest BCUT2D eigenvalue weighted by Crippen LogP contribution is 2.38. The predicted molar refractivity (Wildman–Crippen MR) is 130 cm³/mol. The lowest BCUT2D eigenvalue weighted by Gasteiger charge is -2.41. The number of carbonyl (C=O) groups excluding carboxylic acids is 3. The molecule has 2 atom stereocenters. The first-order chi connectivity index (χ1) is 17.0. The fourth-order valence-corrected chi connectivity index (χ4v) is 5.78. The average Bonchev–Trinajstić information content (AvgIpc) is 3.42. The number of likely N-dealkylation sites (tertiary alicyclic amines) is 1. The second-order valence-corrected chi connectivity index (χ2v) is 9.70. The van der Waals surface area contributed by atoms with Crippen LogP contribution in [0.3, 0.4) is 0 Å². The second kappa shape index (κ2) is 9.68. The van der Waals surface area contributed by atoms with Gasteiger partial charge in [-0.3, -0.25) is 19.5 Å². The highest BCUT2D eigenvalue weighted by molar-refractivity contribution is 6.07. The van der Waals surface area contributed by atoms with Gasteiger partial charge < -0.3 is 15.0 Å². The minimum atomic E-state index is -0.898. The summed E-state index contributed by atoms with van der Waals surface area (Å²) in [4.78, 5) is 47.2. The van der Waals surface area contributed by atoms with Crippen LogP contribution in [0.2, 0.25) is 0 Å². The van der Waals surface area contributed by atoms with Crippen LogP contribution >= 0.6 is 0 Å². The highest BCUT2D eigenvalue weighted by Gasteiger charge is 2.55. The van der Waals surface area contributed by atoms with Crippen molar-refractivity contribution in [3.8, 4) is 5.75 Å². The highest BCUT2D eigenvalue weighted by atomic mass is 16.5.